The summed E-state index contributed by atoms with van der Waals surface area (Å²) in [7, 11) is 0. The van der Waals surface area contributed by atoms with Gasteiger partial charge >= 0.3 is 0 Å². The lowest BCUT2D eigenvalue weighted by Gasteiger charge is -2.35. The quantitative estimate of drug-likeness (QED) is 0.857. The second-order valence-corrected chi connectivity index (χ2v) is 5.13. The SMILES string of the molecule is CCCN(C(C)C)C(CN)c1c(F)cccc1Cl. The predicted octanol–water partition coefficient (Wildman–Crippen LogP) is 3.60. The summed E-state index contributed by atoms with van der Waals surface area (Å²) >= 11 is 6.13. The van der Waals surface area contributed by atoms with Crippen molar-refractivity contribution in [3.8, 4) is 0 Å². The molecule has 0 aliphatic heterocycles. The second-order valence-electron chi connectivity index (χ2n) is 4.72. The van der Waals surface area contributed by atoms with E-state index in [1.807, 2.05) is 0 Å². The minimum Gasteiger partial charge on any atom is -0.329 e. The zero-order chi connectivity index (χ0) is 13.7. The van der Waals surface area contributed by atoms with Crippen LogP contribution in [0.5, 0.6) is 0 Å². The first-order valence-electron chi connectivity index (χ1n) is 6.42. The molecule has 1 aromatic carbocycles. The Morgan fingerprint density at radius 3 is 2.50 bits per heavy atom. The van der Waals surface area contributed by atoms with Crippen LogP contribution in [0, 0.1) is 5.82 Å². The van der Waals surface area contributed by atoms with Crippen molar-refractivity contribution >= 4 is 11.6 Å². The molecule has 1 aromatic rings. The average molecular weight is 273 g/mol. The van der Waals surface area contributed by atoms with Crippen molar-refractivity contribution in [2.24, 2.45) is 5.73 Å². The Kier molecular flexibility index (Phi) is 6.06. The highest BCUT2D eigenvalue weighted by Gasteiger charge is 2.25. The topological polar surface area (TPSA) is 29.3 Å². The van der Waals surface area contributed by atoms with Crippen molar-refractivity contribution in [2.45, 2.75) is 39.3 Å². The van der Waals surface area contributed by atoms with Gasteiger partial charge in [-0.1, -0.05) is 24.6 Å². The van der Waals surface area contributed by atoms with Gasteiger partial charge in [0, 0.05) is 23.2 Å². The van der Waals surface area contributed by atoms with Gasteiger partial charge in [0.2, 0.25) is 0 Å². The zero-order valence-electron chi connectivity index (χ0n) is 11.3. The van der Waals surface area contributed by atoms with Crippen molar-refractivity contribution < 1.29 is 4.39 Å². The molecule has 0 fully saturated rings. The molecule has 1 unspecified atom stereocenters. The Balaban J connectivity index is 3.14. The van der Waals surface area contributed by atoms with Gasteiger partial charge < -0.3 is 5.73 Å². The number of halogens is 2. The van der Waals surface area contributed by atoms with Crippen LogP contribution < -0.4 is 5.73 Å². The van der Waals surface area contributed by atoms with Crippen LogP contribution in [-0.2, 0) is 0 Å². The van der Waals surface area contributed by atoms with Gasteiger partial charge in [-0.15, -0.1) is 0 Å². The number of nitrogens with zero attached hydrogens (tertiary/aromatic N) is 1. The number of hydrogen-bond donors (Lipinski definition) is 1. The largest absolute Gasteiger partial charge is 0.329 e. The van der Waals surface area contributed by atoms with Crippen LogP contribution in [0.2, 0.25) is 5.02 Å². The van der Waals surface area contributed by atoms with Crippen LogP contribution in [-0.4, -0.2) is 24.0 Å². The molecule has 0 radical (unpaired) electrons. The maximum Gasteiger partial charge on any atom is 0.129 e. The van der Waals surface area contributed by atoms with Gasteiger partial charge in [0.15, 0.2) is 0 Å². The molecule has 2 N–H and O–H groups in total. The number of nitrogens with two attached hydrogens (primary N) is 1. The lowest BCUT2D eigenvalue weighted by molar-refractivity contribution is 0.154. The van der Waals surface area contributed by atoms with Gasteiger partial charge in [-0.05, 0) is 38.9 Å². The van der Waals surface area contributed by atoms with Gasteiger partial charge in [0.1, 0.15) is 5.82 Å². The Morgan fingerprint density at radius 1 is 1.39 bits per heavy atom. The molecule has 0 amide bonds. The van der Waals surface area contributed by atoms with Gasteiger partial charge in [-0.3, -0.25) is 4.90 Å². The third-order valence-electron chi connectivity index (χ3n) is 3.10. The summed E-state index contributed by atoms with van der Waals surface area (Å²) in [6, 6.07) is 4.91. The average Bonchev–Trinajstić information content (AvgIpc) is 2.31. The molecule has 0 bridgehead atoms. The van der Waals surface area contributed by atoms with Gasteiger partial charge in [-0.25, -0.2) is 4.39 Å². The molecule has 2 nitrogen and oxygen atoms in total. The maximum absolute atomic E-state index is 14.0. The summed E-state index contributed by atoms with van der Waals surface area (Å²) < 4.78 is 14.0. The fourth-order valence-corrected chi connectivity index (χ4v) is 2.57. The van der Waals surface area contributed by atoms with Crippen molar-refractivity contribution in [1.82, 2.24) is 4.90 Å². The molecule has 0 spiro atoms. The molecule has 0 heterocycles. The highest BCUT2D eigenvalue weighted by molar-refractivity contribution is 6.31. The van der Waals surface area contributed by atoms with E-state index < -0.39 is 0 Å². The van der Waals surface area contributed by atoms with Gasteiger partial charge in [0.05, 0.1) is 6.04 Å². The first-order chi connectivity index (χ1) is 8.52. The van der Waals surface area contributed by atoms with Crippen molar-refractivity contribution in [2.75, 3.05) is 13.1 Å². The van der Waals surface area contributed by atoms with E-state index in [-0.39, 0.29) is 11.9 Å². The monoisotopic (exact) mass is 272 g/mol. The van der Waals surface area contributed by atoms with Crippen LogP contribution in [0.1, 0.15) is 38.8 Å². The summed E-state index contributed by atoms with van der Waals surface area (Å²) in [5, 5.41) is 0.451. The Morgan fingerprint density at radius 2 is 2.06 bits per heavy atom. The van der Waals surface area contributed by atoms with Crippen LogP contribution in [0.4, 0.5) is 4.39 Å². The molecule has 0 aliphatic carbocycles. The highest BCUT2D eigenvalue weighted by Crippen LogP contribution is 2.30. The summed E-state index contributed by atoms with van der Waals surface area (Å²) in [5.41, 5.74) is 6.36. The first-order valence-corrected chi connectivity index (χ1v) is 6.80. The van der Waals surface area contributed by atoms with E-state index in [1.165, 1.54) is 6.07 Å². The molecule has 102 valence electrons. The zero-order valence-corrected chi connectivity index (χ0v) is 12.0. The van der Waals surface area contributed by atoms with E-state index in [9.17, 15) is 4.39 Å². The third-order valence-corrected chi connectivity index (χ3v) is 3.43. The third kappa shape index (κ3) is 3.44. The van der Waals surface area contributed by atoms with Crippen molar-refractivity contribution in [1.29, 1.82) is 0 Å². The second kappa shape index (κ2) is 7.07. The Bertz CT molecular complexity index is 362. The molecule has 18 heavy (non-hydrogen) atoms. The Hall–Kier alpha value is -0.640. The molecular formula is C14H22ClFN2. The molecule has 4 heteroatoms. The smallest absolute Gasteiger partial charge is 0.129 e. The minimum atomic E-state index is -0.278. The van der Waals surface area contributed by atoms with E-state index in [2.05, 4.69) is 25.7 Å². The predicted molar refractivity (Wildman–Crippen MR) is 75.3 cm³/mol. The van der Waals surface area contributed by atoms with Crippen LogP contribution in [0.3, 0.4) is 0 Å². The molecular weight excluding hydrogens is 251 g/mol. The van der Waals surface area contributed by atoms with E-state index in [1.54, 1.807) is 12.1 Å². The van der Waals surface area contributed by atoms with E-state index in [0.717, 1.165) is 13.0 Å². The first kappa shape index (κ1) is 15.4. The van der Waals surface area contributed by atoms with Crippen molar-refractivity contribution in [3.05, 3.63) is 34.6 Å². The van der Waals surface area contributed by atoms with E-state index >= 15 is 0 Å². The standard InChI is InChI=1S/C14H22ClFN2/c1-4-8-18(10(2)3)13(9-17)14-11(15)6-5-7-12(14)16/h5-7,10,13H,4,8-9,17H2,1-3H3. The lowest BCUT2D eigenvalue weighted by atomic mass is 10.0. The molecule has 1 atom stereocenters. The molecule has 0 saturated carbocycles. The Labute approximate surface area is 114 Å². The minimum absolute atomic E-state index is 0.168. The van der Waals surface area contributed by atoms with E-state index in [0.29, 0.717) is 23.2 Å². The summed E-state index contributed by atoms with van der Waals surface area (Å²) in [6.07, 6.45) is 1.00. The van der Waals surface area contributed by atoms with E-state index in [4.69, 9.17) is 17.3 Å². The summed E-state index contributed by atoms with van der Waals surface area (Å²) in [4.78, 5) is 2.20. The lowest BCUT2D eigenvalue weighted by Crippen LogP contribution is -2.39. The number of hydrogen-bond acceptors (Lipinski definition) is 2. The fourth-order valence-electron chi connectivity index (χ4n) is 2.28. The van der Waals surface area contributed by atoms with Crippen LogP contribution in [0.25, 0.3) is 0 Å². The van der Waals surface area contributed by atoms with Crippen LogP contribution >= 0.6 is 11.6 Å². The summed E-state index contributed by atoms with van der Waals surface area (Å²) in [5.74, 6) is -0.278. The van der Waals surface area contributed by atoms with Crippen molar-refractivity contribution in [3.63, 3.8) is 0 Å². The number of benzene rings is 1. The normalized spacial score (nSPS) is 13.3. The molecule has 0 aromatic heterocycles. The molecule has 0 saturated heterocycles. The summed E-state index contributed by atoms with van der Waals surface area (Å²) in [6.45, 7) is 7.52. The fraction of sp³-hybridized carbons (Fsp3) is 0.571. The van der Waals surface area contributed by atoms with Gasteiger partial charge in [0.25, 0.3) is 0 Å². The molecule has 1 rings (SSSR count). The highest BCUT2D eigenvalue weighted by atomic mass is 35.5. The molecule has 0 aliphatic rings. The van der Waals surface area contributed by atoms with Crippen LogP contribution in [0.15, 0.2) is 18.2 Å². The maximum atomic E-state index is 14.0. The van der Waals surface area contributed by atoms with Gasteiger partial charge in [-0.2, -0.15) is 0 Å². The number of rotatable bonds is 6.